The zero-order chi connectivity index (χ0) is 11.6. The molecule has 0 aromatic carbocycles. The van der Waals surface area contributed by atoms with Crippen molar-refractivity contribution in [1.82, 2.24) is 4.98 Å². The lowest BCUT2D eigenvalue weighted by atomic mass is 10.3. The fourth-order valence-electron chi connectivity index (χ4n) is 1.14. The van der Waals surface area contributed by atoms with Crippen LogP contribution in [0.25, 0.3) is 0 Å². The first-order valence-electron chi connectivity index (χ1n) is 5.61. The van der Waals surface area contributed by atoms with Crippen LogP contribution in [0.4, 0.5) is 0 Å². The standard InChI is InChI=1S/C12H19NO2S/c1-2-3-8-15-9-11(14)10-16-12-4-6-13-7-5-12/h4-7,11,14H,2-3,8-10H2,1H3. The average Bonchev–Trinajstić information content (AvgIpc) is 2.33. The molecule has 0 fully saturated rings. The van der Waals surface area contributed by atoms with E-state index in [0.717, 1.165) is 24.3 Å². The first-order chi connectivity index (χ1) is 7.83. The predicted molar refractivity (Wildman–Crippen MR) is 66.7 cm³/mol. The van der Waals surface area contributed by atoms with Gasteiger partial charge in [-0.15, -0.1) is 11.8 Å². The van der Waals surface area contributed by atoms with E-state index in [1.165, 1.54) is 0 Å². The molecule has 1 N–H and O–H groups in total. The van der Waals surface area contributed by atoms with Gasteiger partial charge in [0, 0.05) is 29.6 Å². The third-order valence-corrected chi connectivity index (χ3v) is 3.20. The third kappa shape index (κ3) is 6.10. The number of nitrogens with zero attached hydrogens (tertiary/aromatic N) is 1. The van der Waals surface area contributed by atoms with Crippen molar-refractivity contribution in [1.29, 1.82) is 0 Å². The van der Waals surface area contributed by atoms with Gasteiger partial charge in [-0.1, -0.05) is 13.3 Å². The molecule has 0 saturated heterocycles. The van der Waals surface area contributed by atoms with E-state index in [9.17, 15) is 5.11 Å². The zero-order valence-corrected chi connectivity index (χ0v) is 10.4. The van der Waals surface area contributed by atoms with Gasteiger partial charge >= 0.3 is 0 Å². The Bertz CT molecular complexity index is 269. The summed E-state index contributed by atoms with van der Waals surface area (Å²) in [6.45, 7) is 3.30. The molecule has 1 atom stereocenters. The molecule has 90 valence electrons. The summed E-state index contributed by atoms with van der Waals surface area (Å²) in [6.07, 6.45) is 5.31. The third-order valence-electron chi connectivity index (χ3n) is 2.04. The lowest BCUT2D eigenvalue weighted by Crippen LogP contribution is -2.18. The molecule has 0 saturated carbocycles. The van der Waals surface area contributed by atoms with Gasteiger partial charge in [0.25, 0.3) is 0 Å². The molecule has 0 aliphatic rings. The van der Waals surface area contributed by atoms with Gasteiger partial charge in [0.15, 0.2) is 0 Å². The molecule has 0 aliphatic carbocycles. The molecular formula is C12H19NO2S. The molecule has 0 bridgehead atoms. The smallest absolute Gasteiger partial charge is 0.0867 e. The van der Waals surface area contributed by atoms with E-state index in [0.29, 0.717) is 12.4 Å². The first kappa shape index (κ1) is 13.5. The quantitative estimate of drug-likeness (QED) is 0.560. The molecule has 16 heavy (non-hydrogen) atoms. The lowest BCUT2D eigenvalue weighted by molar-refractivity contribution is 0.0473. The minimum Gasteiger partial charge on any atom is -0.390 e. The molecule has 1 aromatic rings. The summed E-state index contributed by atoms with van der Waals surface area (Å²) in [5.41, 5.74) is 0. The van der Waals surface area contributed by atoms with Crippen LogP contribution < -0.4 is 0 Å². The van der Waals surface area contributed by atoms with Gasteiger partial charge in [0.05, 0.1) is 12.7 Å². The number of unbranched alkanes of at least 4 members (excludes halogenated alkanes) is 1. The number of ether oxygens (including phenoxy) is 1. The molecule has 0 spiro atoms. The van der Waals surface area contributed by atoms with Crippen LogP contribution in [-0.2, 0) is 4.74 Å². The summed E-state index contributed by atoms with van der Waals surface area (Å²) in [4.78, 5) is 5.07. The van der Waals surface area contributed by atoms with E-state index >= 15 is 0 Å². The summed E-state index contributed by atoms with van der Waals surface area (Å²) >= 11 is 1.62. The van der Waals surface area contributed by atoms with Crippen molar-refractivity contribution >= 4 is 11.8 Å². The Morgan fingerprint density at radius 3 is 2.88 bits per heavy atom. The highest BCUT2D eigenvalue weighted by molar-refractivity contribution is 7.99. The largest absolute Gasteiger partial charge is 0.390 e. The van der Waals surface area contributed by atoms with E-state index in [1.54, 1.807) is 24.2 Å². The van der Waals surface area contributed by atoms with Gasteiger partial charge in [-0.2, -0.15) is 0 Å². The van der Waals surface area contributed by atoms with Crippen LogP contribution in [0, 0.1) is 0 Å². The van der Waals surface area contributed by atoms with Gasteiger partial charge in [-0.3, -0.25) is 4.98 Å². The number of hydrogen-bond acceptors (Lipinski definition) is 4. The summed E-state index contributed by atoms with van der Waals surface area (Å²) in [6, 6.07) is 3.88. The highest BCUT2D eigenvalue weighted by Gasteiger charge is 2.04. The Kier molecular flexibility index (Phi) is 7.21. The van der Waals surface area contributed by atoms with Crippen LogP contribution in [0.15, 0.2) is 29.4 Å². The maximum absolute atomic E-state index is 9.65. The van der Waals surface area contributed by atoms with Crippen molar-refractivity contribution in [2.24, 2.45) is 0 Å². The molecule has 1 aromatic heterocycles. The van der Waals surface area contributed by atoms with Crippen molar-refractivity contribution in [3.05, 3.63) is 24.5 Å². The normalized spacial score (nSPS) is 12.6. The first-order valence-corrected chi connectivity index (χ1v) is 6.60. The second-order valence-corrected chi connectivity index (χ2v) is 4.67. The van der Waals surface area contributed by atoms with Gasteiger partial charge in [0.2, 0.25) is 0 Å². The maximum atomic E-state index is 9.65. The summed E-state index contributed by atoms with van der Waals surface area (Å²) in [7, 11) is 0. The van der Waals surface area contributed by atoms with Crippen molar-refractivity contribution < 1.29 is 9.84 Å². The maximum Gasteiger partial charge on any atom is 0.0867 e. The van der Waals surface area contributed by atoms with Gasteiger partial charge in [0.1, 0.15) is 0 Å². The summed E-state index contributed by atoms with van der Waals surface area (Å²) in [5.74, 6) is 0.663. The van der Waals surface area contributed by atoms with Crippen LogP contribution in [0.5, 0.6) is 0 Å². The SMILES string of the molecule is CCCCOCC(O)CSc1ccncc1. The monoisotopic (exact) mass is 241 g/mol. The van der Waals surface area contributed by atoms with Crippen LogP contribution in [-0.4, -0.2) is 35.2 Å². The van der Waals surface area contributed by atoms with Gasteiger partial charge < -0.3 is 9.84 Å². The Morgan fingerprint density at radius 2 is 2.19 bits per heavy atom. The highest BCUT2D eigenvalue weighted by atomic mass is 32.2. The Labute approximate surface area is 101 Å². The molecule has 4 heteroatoms. The molecule has 0 radical (unpaired) electrons. The van der Waals surface area contributed by atoms with Crippen LogP contribution in [0.1, 0.15) is 19.8 Å². The Morgan fingerprint density at radius 1 is 1.44 bits per heavy atom. The van der Waals surface area contributed by atoms with E-state index in [-0.39, 0.29) is 0 Å². The summed E-state index contributed by atoms with van der Waals surface area (Å²) < 4.78 is 5.35. The Balaban J connectivity index is 2.08. The molecule has 1 rings (SSSR count). The van der Waals surface area contributed by atoms with Crippen molar-refractivity contribution in [2.75, 3.05) is 19.0 Å². The zero-order valence-electron chi connectivity index (χ0n) is 9.63. The Hall–Kier alpha value is -0.580. The number of rotatable bonds is 8. The number of aliphatic hydroxyl groups is 1. The number of pyridine rings is 1. The second kappa shape index (κ2) is 8.56. The van der Waals surface area contributed by atoms with Gasteiger partial charge in [-0.25, -0.2) is 0 Å². The molecule has 0 aliphatic heterocycles. The minimum atomic E-state index is -0.393. The van der Waals surface area contributed by atoms with Gasteiger partial charge in [-0.05, 0) is 18.6 Å². The number of thioether (sulfide) groups is 1. The molecule has 1 unspecified atom stereocenters. The van der Waals surface area contributed by atoms with Crippen LogP contribution in [0.2, 0.25) is 0 Å². The molecular weight excluding hydrogens is 222 g/mol. The molecule has 1 heterocycles. The fraction of sp³-hybridized carbons (Fsp3) is 0.583. The fourth-order valence-corrected chi connectivity index (χ4v) is 1.94. The topological polar surface area (TPSA) is 42.4 Å². The number of aliphatic hydroxyl groups excluding tert-OH is 1. The number of aromatic nitrogens is 1. The van der Waals surface area contributed by atoms with E-state index in [1.807, 2.05) is 12.1 Å². The van der Waals surface area contributed by atoms with Crippen molar-refractivity contribution in [3.63, 3.8) is 0 Å². The van der Waals surface area contributed by atoms with E-state index in [2.05, 4.69) is 11.9 Å². The highest BCUT2D eigenvalue weighted by Crippen LogP contribution is 2.17. The lowest BCUT2D eigenvalue weighted by Gasteiger charge is -2.10. The predicted octanol–water partition coefficient (Wildman–Crippen LogP) is 2.35. The van der Waals surface area contributed by atoms with Crippen molar-refractivity contribution in [2.45, 2.75) is 30.8 Å². The van der Waals surface area contributed by atoms with Crippen molar-refractivity contribution in [3.8, 4) is 0 Å². The van der Waals surface area contributed by atoms with Crippen LogP contribution in [0.3, 0.4) is 0 Å². The van der Waals surface area contributed by atoms with E-state index in [4.69, 9.17) is 4.74 Å². The van der Waals surface area contributed by atoms with E-state index < -0.39 is 6.10 Å². The number of hydrogen-bond donors (Lipinski definition) is 1. The summed E-state index contributed by atoms with van der Waals surface area (Å²) in [5, 5.41) is 9.65. The minimum absolute atomic E-state index is 0.393. The molecule has 3 nitrogen and oxygen atoms in total. The average molecular weight is 241 g/mol. The molecule has 0 amide bonds. The second-order valence-electron chi connectivity index (χ2n) is 3.58. The van der Waals surface area contributed by atoms with Crippen LogP contribution >= 0.6 is 11.8 Å².